The van der Waals surface area contributed by atoms with Gasteiger partial charge in [0.25, 0.3) is 5.91 Å². The van der Waals surface area contributed by atoms with Crippen LogP contribution in [-0.4, -0.2) is 55.0 Å². The minimum absolute atomic E-state index is 0.253. The third-order valence-electron chi connectivity index (χ3n) is 6.79. The molecular formula is C24H25N3O5. The monoisotopic (exact) mass is 435 g/mol. The van der Waals surface area contributed by atoms with E-state index in [1.165, 1.54) is 0 Å². The van der Waals surface area contributed by atoms with Crippen LogP contribution in [0.4, 0.5) is 4.79 Å². The molecule has 8 heteroatoms. The summed E-state index contributed by atoms with van der Waals surface area (Å²) in [5.41, 5.74) is 2.92. The highest BCUT2D eigenvalue weighted by atomic mass is 16.5. The normalized spacial score (nSPS) is 21.4. The Labute approximate surface area is 186 Å². The lowest BCUT2D eigenvalue weighted by atomic mass is 9.92. The van der Waals surface area contributed by atoms with E-state index in [1.807, 2.05) is 36.4 Å². The van der Waals surface area contributed by atoms with Crippen LogP contribution in [0.25, 0.3) is 0 Å². The molecule has 2 aromatic carbocycles. The number of carbonyl (C=O) groups excluding carboxylic acids is 3. The molecule has 1 atom stereocenters. The number of nitrogens with one attached hydrogen (secondary N) is 1. The first-order chi connectivity index (χ1) is 15.5. The molecule has 1 spiro atoms. The van der Waals surface area contributed by atoms with Crippen LogP contribution in [0.2, 0.25) is 0 Å². The van der Waals surface area contributed by atoms with Crippen LogP contribution >= 0.6 is 0 Å². The van der Waals surface area contributed by atoms with E-state index < -0.39 is 11.6 Å². The van der Waals surface area contributed by atoms with Crippen LogP contribution in [0.3, 0.4) is 0 Å². The molecule has 2 aromatic rings. The van der Waals surface area contributed by atoms with E-state index in [9.17, 15) is 14.4 Å². The molecule has 1 N–H and O–H groups in total. The van der Waals surface area contributed by atoms with E-state index in [1.54, 1.807) is 19.1 Å². The minimum atomic E-state index is -1.05. The topological polar surface area (TPSA) is 88.2 Å². The van der Waals surface area contributed by atoms with Crippen LogP contribution in [0.15, 0.2) is 36.4 Å². The van der Waals surface area contributed by atoms with Crippen LogP contribution in [0.5, 0.6) is 11.5 Å². The van der Waals surface area contributed by atoms with E-state index in [0.717, 1.165) is 33.6 Å². The molecule has 4 amide bonds. The van der Waals surface area contributed by atoms with Crippen molar-refractivity contribution in [2.45, 2.75) is 31.3 Å². The maximum Gasteiger partial charge on any atom is 0.325 e. The first-order valence-electron chi connectivity index (χ1n) is 10.7. The molecule has 3 aliphatic rings. The number of urea groups is 1. The fraction of sp³-hybridized carbons (Fsp3) is 0.375. The number of fused-ring (bicyclic) bond motifs is 3. The second-order valence-corrected chi connectivity index (χ2v) is 8.43. The van der Waals surface area contributed by atoms with E-state index in [2.05, 4.69) is 5.32 Å². The average Bonchev–Trinajstić information content (AvgIpc) is 3.30. The van der Waals surface area contributed by atoms with Crippen molar-refractivity contribution in [3.63, 3.8) is 0 Å². The van der Waals surface area contributed by atoms with Gasteiger partial charge in [0.2, 0.25) is 5.91 Å². The number of benzene rings is 2. The van der Waals surface area contributed by atoms with Crippen molar-refractivity contribution in [1.82, 2.24) is 15.1 Å². The van der Waals surface area contributed by atoms with Gasteiger partial charge in [-0.15, -0.1) is 0 Å². The number of methoxy groups -OCH3 is 2. The molecule has 2 heterocycles. The van der Waals surface area contributed by atoms with Crippen molar-refractivity contribution in [3.8, 4) is 11.5 Å². The predicted octanol–water partition coefficient (Wildman–Crippen LogP) is 1.98. The molecule has 8 nitrogen and oxygen atoms in total. The van der Waals surface area contributed by atoms with Gasteiger partial charge in [-0.1, -0.05) is 24.3 Å². The molecule has 5 rings (SSSR count). The SMILES string of the molecule is COc1cc2c(cc1OC)CN(C(=O)CN1C(=O)N[C@]3(CCc4ccccc43)C1=O)CC2. The number of rotatable bonds is 4. The Morgan fingerprint density at radius 1 is 1.03 bits per heavy atom. The van der Waals surface area contributed by atoms with E-state index >= 15 is 0 Å². The van der Waals surface area contributed by atoms with Gasteiger partial charge >= 0.3 is 6.03 Å². The quantitative estimate of drug-likeness (QED) is 0.742. The van der Waals surface area contributed by atoms with Crippen molar-refractivity contribution in [2.75, 3.05) is 27.3 Å². The molecule has 166 valence electrons. The molecule has 0 bridgehead atoms. The van der Waals surface area contributed by atoms with Gasteiger partial charge in [-0.05, 0) is 53.6 Å². The maximum absolute atomic E-state index is 13.3. The molecule has 1 aliphatic carbocycles. The Morgan fingerprint density at radius 3 is 2.50 bits per heavy atom. The van der Waals surface area contributed by atoms with Crippen molar-refractivity contribution in [1.29, 1.82) is 0 Å². The van der Waals surface area contributed by atoms with Gasteiger partial charge < -0.3 is 19.7 Å². The van der Waals surface area contributed by atoms with Gasteiger partial charge in [0, 0.05) is 13.1 Å². The standard InChI is InChI=1S/C24H25N3O5/c1-31-19-11-16-8-10-26(13-17(16)12-20(19)32-2)21(28)14-27-22(29)24(25-23(27)30)9-7-15-5-3-4-6-18(15)24/h3-6,11-12H,7-10,13-14H2,1-2H3,(H,25,30)/t24-/m0/s1. The summed E-state index contributed by atoms with van der Waals surface area (Å²) in [6.45, 7) is 0.641. The lowest BCUT2D eigenvalue weighted by Crippen LogP contribution is -2.46. The first-order valence-corrected chi connectivity index (χ1v) is 10.7. The first kappa shape index (κ1) is 20.4. The van der Waals surface area contributed by atoms with Gasteiger partial charge in [0.15, 0.2) is 11.5 Å². The number of nitrogens with zero attached hydrogens (tertiary/aromatic N) is 2. The highest BCUT2D eigenvalue weighted by molar-refractivity contribution is 6.09. The zero-order valence-corrected chi connectivity index (χ0v) is 18.1. The Morgan fingerprint density at radius 2 is 1.75 bits per heavy atom. The molecule has 32 heavy (non-hydrogen) atoms. The second-order valence-electron chi connectivity index (χ2n) is 8.43. The molecule has 0 unspecified atom stereocenters. The summed E-state index contributed by atoms with van der Waals surface area (Å²) < 4.78 is 10.7. The van der Waals surface area contributed by atoms with Crippen LogP contribution in [-0.2, 0) is 34.5 Å². The fourth-order valence-corrected chi connectivity index (χ4v) is 5.06. The highest BCUT2D eigenvalue weighted by Gasteiger charge is 2.55. The summed E-state index contributed by atoms with van der Waals surface area (Å²) in [6.07, 6.45) is 1.90. The largest absolute Gasteiger partial charge is 0.493 e. The number of carbonyl (C=O) groups is 3. The van der Waals surface area contributed by atoms with Gasteiger partial charge in [-0.2, -0.15) is 0 Å². The zero-order valence-electron chi connectivity index (χ0n) is 18.1. The summed E-state index contributed by atoms with van der Waals surface area (Å²) in [5.74, 6) is 0.672. The van der Waals surface area contributed by atoms with Crippen molar-refractivity contribution >= 4 is 17.8 Å². The maximum atomic E-state index is 13.3. The van der Waals surface area contributed by atoms with Crippen molar-refractivity contribution in [3.05, 3.63) is 58.7 Å². The summed E-state index contributed by atoms with van der Waals surface area (Å²) in [4.78, 5) is 41.9. The van der Waals surface area contributed by atoms with E-state index in [0.29, 0.717) is 37.4 Å². The second kappa shape index (κ2) is 7.55. The summed E-state index contributed by atoms with van der Waals surface area (Å²) in [7, 11) is 3.17. The lowest BCUT2D eigenvalue weighted by Gasteiger charge is -2.30. The smallest absolute Gasteiger partial charge is 0.325 e. The van der Waals surface area contributed by atoms with E-state index in [4.69, 9.17) is 9.47 Å². The van der Waals surface area contributed by atoms with Crippen LogP contribution in [0, 0.1) is 0 Å². The summed E-state index contributed by atoms with van der Waals surface area (Å²) >= 11 is 0. The summed E-state index contributed by atoms with van der Waals surface area (Å²) in [5, 5.41) is 2.87. The van der Waals surface area contributed by atoms with E-state index in [-0.39, 0.29) is 18.4 Å². The molecule has 1 fully saturated rings. The van der Waals surface area contributed by atoms with Crippen molar-refractivity contribution in [2.24, 2.45) is 0 Å². The molecular weight excluding hydrogens is 410 g/mol. The Kier molecular flexibility index (Phi) is 4.80. The molecule has 1 saturated heterocycles. The number of hydrogen-bond acceptors (Lipinski definition) is 5. The molecule has 0 saturated carbocycles. The fourth-order valence-electron chi connectivity index (χ4n) is 5.06. The lowest BCUT2D eigenvalue weighted by molar-refractivity contribution is -0.139. The number of amides is 4. The van der Waals surface area contributed by atoms with Crippen LogP contribution < -0.4 is 14.8 Å². The number of ether oxygens (including phenoxy) is 2. The highest BCUT2D eigenvalue weighted by Crippen LogP contribution is 2.41. The number of hydrogen-bond donors (Lipinski definition) is 1. The minimum Gasteiger partial charge on any atom is -0.493 e. The average molecular weight is 435 g/mol. The Bertz CT molecular complexity index is 1130. The number of aryl methyl sites for hydroxylation is 1. The Hall–Kier alpha value is -3.55. The zero-order chi connectivity index (χ0) is 22.5. The van der Waals surface area contributed by atoms with Crippen molar-refractivity contribution < 1.29 is 23.9 Å². The van der Waals surface area contributed by atoms with Gasteiger partial charge in [-0.3, -0.25) is 14.5 Å². The molecule has 0 radical (unpaired) electrons. The predicted molar refractivity (Wildman–Crippen MR) is 115 cm³/mol. The van der Waals surface area contributed by atoms with Crippen LogP contribution in [0.1, 0.15) is 28.7 Å². The van der Waals surface area contributed by atoms with Gasteiger partial charge in [-0.25, -0.2) is 4.79 Å². The van der Waals surface area contributed by atoms with Gasteiger partial charge in [0.1, 0.15) is 12.1 Å². The number of imide groups is 1. The Balaban J connectivity index is 1.33. The molecule has 0 aromatic heterocycles. The third-order valence-corrected chi connectivity index (χ3v) is 6.79. The van der Waals surface area contributed by atoms with Gasteiger partial charge in [0.05, 0.1) is 14.2 Å². The molecule has 2 aliphatic heterocycles. The third kappa shape index (κ3) is 3.01. The summed E-state index contributed by atoms with van der Waals surface area (Å²) in [6, 6.07) is 11.0.